The number of aliphatic hydroxyl groups is 2. The number of carbonyl (C=O) groups is 1. The van der Waals surface area contributed by atoms with E-state index in [4.69, 9.17) is 38.4 Å². The van der Waals surface area contributed by atoms with Crippen molar-refractivity contribution in [3.8, 4) is 28.7 Å². The minimum Gasteiger partial charge on any atom is -0.459 e. The summed E-state index contributed by atoms with van der Waals surface area (Å²) in [6.45, 7) is 7.64. The van der Waals surface area contributed by atoms with Crippen molar-refractivity contribution < 1.29 is 48.3 Å². The zero-order valence-corrected chi connectivity index (χ0v) is 37.4. The predicted molar refractivity (Wildman–Crippen MR) is 248 cm³/mol. The summed E-state index contributed by atoms with van der Waals surface area (Å²) in [7, 11) is 0. The van der Waals surface area contributed by atoms with Crippen LogP contribution in [-0.2, 0) is 14.3 Å². The molecule has 65 heavy (non-hydrogen) atoms. The van der Waals surface area contributed by atoms with Crippen LogP contribution in [-0.4, -0.2) is 84.6 Å². The Balaban J connectivity index is 1.22. The van der Waals surface area contributed by atoms with Crippen LogP contribution >= 0.6 is 0 Å². The molecule has 3 heterocycles. The Hall–Kier alpha value is -5.40. The fourth-order valence-corrected chi connectivity index (χ4v) is 10.8. The van der Waals surface area contributed by atoms with Gasteiger partial charge in [-0.1, -0.05) is 67.4 Å². The lowest BCUT2D eigenvalue weighted by atomic mass is 9.55. The number of unbranched alkanes of at least 4 members (excludes halogenated alkanes) is 2. The topological polar surface area (TPSA) is 138 Å². The maximum absolute atomic E-state index is 15.2. The largest absolute Gasteiger partial charge is 0.459 e. The monoisotopic (exact) mass is 886 g/mol. The number of hydrogen-bond acceptors (Lipinski definition) is 11. The van der Waals surface area contributed by atoms with E-state index in [0.717, 1.165) is 78.3 Å². The number of rotatable bonds is 19. The number of hydrogen-bond donors (Lipinski definition) is 2. The minimum atomic E-state index is -1.40. The quantitative estimate of drug-likeness (QED) is 0.0532. The molecule has 2 N–H and O–H groups in total. The Morgan fingerprint density at radius 3 is 2.49 bits per heavy atom. The molecule has 7 atom stereocenters. The van der Waals surface area contributed by atoms with Crippen LogP contribution in [0.5, 0.6) is 28.7 Å². The number of aliphatic hydroxyl groups excluding tert-OH is 2. The van der Waals surface area contributed by atoms with Crippen LogP contribution < -0.4 is 18.9 Å². The molecule has 0 aromatic heterocycles. The first-order valence-electron chi connectivity index (χ1n) is 23.7. The van der Waals surface area contributed by atoms with E-state index < -0.39 is 24.0 Å². The third-order valence-electron chi connectivity index (χ3n) is 13.7. The van der Waals surface area contributed by atoms with Crippen molar-refractivity contribution in [3.63, 3.8) is 0 Å². The summed E-state index contributed by atoms with van der Waals surface area (Å²) in [6, 6.07) is 25.0. The standard InChI is InChI=1S/C53H62N2O10/c1-3-24-55(52(58)38-19-22-46-47(31-38)61-34-60-46)48-33-44(54-65-49-17-9-12-28-59-49)42-30-37(15-7-10-25-56)41(16-8-11-26-57)50-43-32-40(63-39-20-18-35-13-5-6-14-36(35)29-39)21-23-45(43)64-53(48,51(42)50)62-27-4-2/h4-6,13-14,18-23,29-32,37,41,48-51,56-57H,2-3,7-12,15-17,24-28,33-34H2,1H3. The first-order chi connectivity index (χ1) is 31.9. The van der Waals surface area contributed by atoms with Gasteiger partial charge in [-0.15, -0.1) is 6.58 Å². The van der Waals surface area contributed by atoms with Gasteiger partial charge in [0.2, 0.25) is 18.9 Å². The molecule has 0 bridgehead atoms. The summed E-state index contributed by atoms with van der Waals surface area (Å²) in [5, 5.41) is 27.3. The van der Waals surface area contributed by atoms with Gasteiger partial charge < -0.3 is 48.4 Å². The van der Waals surface area contributed by atoms with Gasteiger partial charge in [0.15, 0.2) is 11.5 Å². The molecule has 0 radical (unpaired) electrons. The summed E-state index contributed by atoms with van der Waals surface area (Å²) in [4.78, 5) is 23.4. The van der Waals surface area contributed by atoms with Crippen molar-refractivity contribution >= 4 is 22.4 Å². The van der Waals surface area contributed by atoms with Gasteiger partial charge in [-0.25, -0.2) is 0 Å². The molecule has 2 fully saturated rings. The highest BCUT2D eigenvalue weighted by Crippen LogP contribution is 2.62. The highest BCUT2D eigenvalue weighted by molar-refractivity contribution is 6.03. The second-order valence-electron chi connectivity index (χ2n) is 17.9. The smallest absolute Gasteiger partial charge is 0.254 e. The number of benzene rings is 4. The number of nitrogens with zero attached hydrogens (tertiary/aromatic N) is 2. The van der Waals surface area contributed by atoms with E-state index >= 15 is 4.79 Å². The van der Waals surface area contributed by atoms with Gasteiger partial charge >= 0.3 is 0 Å². The second kappa shape index (κ2) is 20.4. The SMILES string of the molecule is C=CCOC12Oc3ccc(Oc4ccc5ccccc5c4)cc3C3C(CCCCO)C(CCCCO)C=C(C(=NOC4CCCCO4)CC1N(CCC)C(=O)c1ccc4c(c1)OCO4)C32. The lowest BCUT2D eigenvalue weighted by Crippen LogP contribution is -2.70. The highest BCUT2D eigenvalue weighted by atomic mass is 16.8. The first kappa shape index (κ1) is 44.8. The van der Waals surface area contributed by atoms with E-state index in [1.165, 1.54) is 0 Å². The average molecular weight is 887 g/mol. The number of oxime groups is 1. The maximum Gasteiger partial charge on any atom is 0.254 e. The molecule has 1 saturated heterocycles. The Labute approximate surface area is 381 Å². The van der Waals surface area contributed by atoms with Crippen LogP contribution in [0.3, 0.4) is 0 Å². The van der Waals surface area contributed by atoms with Crippen molar-refractivity contribution in [2.45, 2.75) is 102 Å². The molecule has 1 saturated carbocycles. The van der Waals surface area contributed by atoms with E-state index in [-0.39, 0.29) is 56.7 Å². The van der Waals surface area contributed by atoms with Gasteiger partial charge in [-0.3, -0.25) is 4.79 Å². The van der Waals surface area contributed by atoms with Crippen LogP contribution in [0.1, 0.15) is 99.4 Å². The van der Waals surface area contributed by atoms with Gasteiger partial charge in [-0.2, -0.15) is 0 Å². The molecule has 5 aliphatic rings. The lowest BCUT2D eigenvalue weighted by molar-refractivity contribution is -0.254. The molecule has 4 aromatic carbocycles. The van der Waals surface area contributed by atoms with Gasteiger partial charge in [-0.05, 0) is 122 Å². The molecule has 3 aliphatic heterocycles. The second-order valence-corrected chi connectivity index (χ2v) is 17.9. The molecule has 1 amide bonds. The molecular weight excluding hydrogens is 825 g/mol. The first-order valence-corrected chi connectivity index (χ1v) is 23.7. The van der Waals surface area contributed by atoms with Crippen LogP contribution in [0.15, 0.2) is 108 Å². The molecule has 2 aliphatic carbocycles. The third kappa shape index (κ3) is 9.23. The molecule has 344 valence electrons. The molecular formula is C53H62N2O10. The Morgan fingerprint density at radius 2 is 1.69 bits per heavy atom. The normalized spacial score (nSPS) is 25.8. The third-order valence-corrected chi connectivity index (χ3v) is 13.7. The number of fused-ring (bicyclic) bond motifs is 4. The number of allylic oxidation sites excluding steroid dienone is 1. The number of carbonyl (C=O) groups excluding carboxylic acids is 1. The van der Waals surface area contributed by atoms with Crippen molar-refractivity contribution in [2.75, 3.05) is 39.8 Å². The molecule has 7 unspecified atom stereocenters. The van der Waals surface area contributed by atoms with Crippen molar-refractivity contribution in [3.05, 3.63) is 114 Å². The average Bonchev–Trinajstić information content (AvgIpc) is 3.82. The zero-order chi connectivity index (χ0) is 44.8. The van der Waals surface area contributed by atoms with Gasteiger partial charge in [0.25, 0.3) is 5.91 Å². The maximum atomic E-state index is 15.2. The summed E-state index contributed by atoms with van der Waals surface area (Å²) in [5.41, 5.74) is 3.15. The fraction of sp³-hybridized carbons (Fsp3) is 0.472. The van der Waals surface area contributed by atoms with Gasteiger partial charge in [0, 0.05) is 49.6 Å². The Morgan fingerprint density at radius 1 is 0.908 bits per heavy atom. The van der Waals surface area contributed by atoms with E-state index in [2.05, 4.69) is 49.9 Å². The predicted octanol–water partition coefficient (Wildman–Crippen LogP) is 10.1. The summed E-state index contributed by atoms with van der Waals surface area (Å²) in [6.07, 6.45) is 11.9. The summed E-state index contributed by atoms with van der Waals surface area (Å²) in [5.74, 6) is 1.07. The molecule has 0 spiro atoms. The zero-order valence-electron chi connectivity index (χ0n) is 37.4. The minimum absolute atomic E-state index is 0.0612. The van der Waals surface area contributed by atoms with Crippen LogP contribution in [0.2, 0.25) is 0 Å². The molecule has 4 aromatic rings. The van der Waals surface area contributed by atoms with E-state index in [0.29, 0.717) is 61.0 Å². The van der Waals surface area contributed by atoms with Crippen molar-refractivity contribution in [2.24, 2.45) is 22.9 Å². The van der Waals surface area contributed by atoms with Crippen molar-refractivity contribution in [1.82, 2.24) is 4.90 Å². The van der Waals surface area contributed by atoms with Crippen LogP contribution in [0.25, 0.3) is 10.8 Å². The van der Waals surface area contributed by atoms with Crippen LogP contribution in [0.4, 0.5) is 0 Å². The molecule has 12 heteroatoms. The number of ether oxygens (including phenoxy) is 6. The molecule has 9 rings (SSSR count). The van der Waals surface area contributed by atoms with Gasteiger partial charge in [0.05, 0.1) is 24.8 Å². The summed E-state index contributed by atoms with van der Waals surface area (Å²) >= 11 is 0. The highest BCUT2D eigenvalue weighted by Gasteiger charge is 2.65. The van der Waals surface area contributed by atoms with E-state index in [1.54, 1.807) is 24.3 Å². The Bertz CT molecular complexity index is 2380. The summed E-state index contributed by atoms with van der Waals surface area (Å²) < 4.78 is 38.7. The van der Waals surface area contributed by atoms with E-state index in [1.807, 2.05) is 35.2 Å². The van der Waals surface area contributed by atoms with Crippen molar-refractivity contribution in [1.29, 1.82) is 0 Å². The van der Waals surface area contributed by atoms with Crippen LogP contribution in [0, 0.1) is 17.8 Å². The fourth-order valence-electron chi connectivity index (χ4n) is 10.8. The Kier molecular flexibility index (Phi) is 14.1. The van der Waals surface area contributed by atoms with E-state index in [9.17, 15) is 10.2 Å². The molecule has 12 nitrogen and oxygen atoms in total. The number of amides is 1. The lowest BCUT2D eigenvalue weighted by Gasteiger charge is -2.60. The van der Waals surface area contributed by atoms with Gasteiger partial charge in [0.1, 0.15) is 23.3 Å².